The molecule has 3 nitrogen and oxygen atoms in total. The molecule has 0 saturated heterocycles. The van der Waals surface area contributed by atoms with Crippen LogP contribution in [0.4, 0.5) is 0 Å². The minimum atomic E-state index is 0.240. The van der Waals surface area contributed by atoms with Crippen molar-refractivity contribution in [3.63, 3.8) is 0 Å². The Morgan fingerprint density at radius 1 is 1.04 bits per heavy atom. The number of hydrogen-bond donors (Lipinski definition) is 0. The van der Waals surface area contributed by atoms with Crippen LogP contribution in [-0.2, 0) is 6.42 Å². The molecule has 1 aromatic heterocycles. The standard InChI is InChI=1S/C22H20BrNO2/c1-14-11-21-19(22(25)12-14)13-20(15-3-5-16(23)6-4-15)24(21)17-7-9-18(26-2)10-8-17/h3-10,13-14H,11-12H2,1-2H3/t14-/m0/s1. The van der Waals surface area contributed by atoms with E-state index in [2.05, 4.69) is 45.6 Å². The highest BCUT2D eigenvalue weighted by atomic mass is 79.9. The molecule has 2 aromatic carbocycles. The Labute approximate surface area is 161 Å². The van der Waals surface area contributed by atoms with Gasteiger partial charge in [0.1, 0.15) is 5.75 Å². The van der Waals surface area contributed by atoms with Crippen LogP contribution in [0.3, 0.4) is 0 Å². The maximum atomic E-state index is 12.6. The van der Waals surface area contributed by atoms with E-state index in [0.29, 0.717) is 12.3 Å². The summed E-state index contributed by atoms with van der Waals surface area (Å²) < 4.78 is 8.56. The number of rotatable bonds is 3. The van der Waals surface area contributed by atoms with Crippen LogP contribution in [0.1, 0.15) is 29.4 Å². The van der Waals surface area contributed by atoms with Crippen LogP contribution in [0.5, 0.6) is 5.75 Å². The van der Waals surface area contributed by atoms with Crippen molar-refractivity contribution in [2.24, 2.45) is 5.92 Å². The highest BCUT2D eigenvalue weighted by Gasteiger charge is 2.28. The molecule has 1 aliphatic carbocycles. The molecule has 1 aliphatic rings. The zero-order chi connectivity index (χ0) is 18.3. The van der Waals surface area contributed by atoms with Gasteiger partial charge in [0.15, 0.2) is 5.78 Å². The Kier molecular flexibility index (Phi) is 4.45. The second kappa shape index (κ2) is 6.76. The lowest BCUT2D eigenvalue weighted by atomic mass is 9.88. The Morgan fingerprint density at radius 2 is 1.73 bits per heavy atom. The lowest BCUT2D eigenvalue weighted by Crippen LogP contribution is -2.19. The van der Waals surface area contributed by atoms with E-state index in [1.54, 1.807) is 7.11 Å². The van der Waals surface area contributed by atoms with E-state index in [9.17, 15) is 4.79 Å². The van der Waals surface area contributed by atoms with Gasteiger partial charge in [-0.15, -0.1) is 0 Å². The summed E-state index contributed by atoms with van der Waals surface area (Å²) in [6.07, 6.45) is 1.53. The number of carbonyl (C=O) groups excluding carboxylic acids is 1. The van der Waals surface area contributed by atoms with E-state index in [-0.39, 0.29) is 5.78 Å². The lowest BCUT2D eigenvalue weighted by molar-refractivity contribution is 0.0952. The van der Waals surface area contributed by atoms with E-state index in [1.165, 1.54) is 0 Å². The fourth-order valence-corrected chi connectivity index (χ4v) is 3.95. The van der Waals surface area contributed by atoms with Gasteiger partial charge in [-0.1, -0.05) is 35.0 Å². The molecule has 0 aliphatic heterocycles. The van der Waals surface area contributed by atoms with Crippen molar-refractivity contribution in [2.75, 3.05) is 7.11 Å². The largest absolute Gasteiger partial charge is 0.497 e. The van der Waals surface area contributed by atoms with Crippen LogP contribution in [0, 0.1) is 5.92 Å². The lowest BCUT2D eigenvalue weighted by Gasteiger charge is -2.21. The summed E-state index contributed by atoms with van der Waals surface area (Å²) in [6.45, 7) is 2.14. The quantitative estimate of drug-likeness (QED) is 0.556. The zero-order valence-electron chi connectivity index (χ0n) is 14.8. The summed E-state index contributed by atoms with van der Waals surface area (Å²) in [5.74, 6) is 1.42. The summed E-state index contributed by atoms with van der Waals surface area (Å²) >= 11 is 3.50. The molecule has 0 unspecified atom stereocenters. The minimum Gasteiger partial charge on any atom is -0.497 e. The van der Waals surface area contributed by atoms with Gasteiger partial charge in [0.05, 0.1) is 12.8 Å². The van der Waals surface area contributed by atoms with Crippen molar-refractivity contribution in [1.29, 1.82) is 0 Å². The Bertz CT molecular complexity index is 955. The molecule has 0 amide bonds. The molecule has 0 N–H and O–H groups in total. The molecule has 26 heavy (non-hydrogen) atoms. The van der Waals surface area contributed by atoms with Crippen LogP contribution in [0.15, 0.2) is 59.1 Å². The van der Waals surface area contributed by atoms with Gasteiger partial charge in [-0.2, -0.15) is 0 Å². The molecule has 0 fully saturated rings. The maximum absolute atomic E-state index is 12.6. The van der Waals surface area contributed by atoms with Gasteiger partial charge in [0.2, 0.25) is 0 Å². The van der Waals surface area contributed by atoms with Crippen LogP contribution in [-0.4, -0.2) is 17.5 Å². The van der Waals surface area contributed by atoms with Gasteiger partial charge >= 0.3 is 0 Å². The van der Waals surface area contributed by atoms with Crippen molar-refractivity contribution in [2.45, 2.75) is 19.8 Å². The number of methoxy groups -OCH3 is 1. The average molecular weight is 410 g/mol. The van der Waals surface area contributed by atoms with Crippen molar-refractivity contribution in [3.8, 4) is 22.7 Å². The number of nitrogens with zero attached hydrogens (tertiary/aromatic N) is 1. The fraction of sp³-hybridized carbons (Fsp3) is 0.227. The number of fused-ring (bicyclic) bond motifs is 1. The maximum Gasteiger partial charge on any atom is 0.164 e. The van der Waals surface area contributed by atoms with Gasteiger partial charge in [-0.3, -0.25) is 4.79 Å². The third kappa shape index (κ3) is 2.99. The van der Waals surface area contributed by atoms with E-state index in [0.717, 1.165) is 44.8 Å². The molecule has 0 saturated carbocycles. The summed E-state index contributed by atoms with van der Waals surface area (Å²) in [6, 6.07) is 18.3. The average Bonchev–Trinajstić information content (AvgIpc) is 3.02. The molecule has 3 aromatic rings. The number of Topliss-reactive ketones (excluding diaryl/α,β-unsaturated/α-hetero) is 1. The second-order valence-corrected chi connectivity index (χ2v) is 7.78. The third-order valence-corrected chi connectivity index (χ3v) is 5.48. The molecule has 0 radical (unpaired) electrons. The SMILES string of the molecule is COc1ccc(-n2c(-c3ccc(Br)cc3)cc3c2C[C@H](C)CC3=O)cc1. The molecular formula is C22H20BrNO2. The molecule has 4 heteroatoms. The van der Waals surface area contributed by atoms with Crippen molar-refractivity contribution >= 4 is 21.7 Å². The molecule has 0 bridgehead atoms. The minimum absolute atomic E-state index is 0.240. The van der Waals surface area contributed by atoms with Crippen molar-refractivity contribution in [1.82, 2.24) is 4.57 Å². The first kappa shape index (κ1) is 17.1. The van der Waals surface area contributed by atoms with Gasteiger partial charge < -0.3 is 9.30 Å². The molecule has 0 spiro atoms. The normalized spacial score (nSPS) is 16.4. The van der Waals surface area contributed by atoms with Gasteiger partial charge in [-0.05, 0) is 60.4 Å². The molecule has 1 heterocycles. The van der Waals surface area contributed by atoms with Crippen molar-refractivity contribution in [3.05, 3.63) is 70.3 Å². The second-order valence-electron chi connectivity index (χ2n) is 6.87. The number of hydrogen-bond acceptors (Lipinski definition) is 2. The first-order chi connectivity index (χ1) is 12.6. The number of aromatic nitrogens is 1. The predicted molar refractivity (Wildman–Crippen MR) is 107 cm³/mol. The van der Waals surface area contributed by atoms with E-state index in [1.807, 2.05) is 36.4 Å². The highest BCUT2D eigenvalue weighted by Crippen LogP contribution is 2.36. The van der Waals surface area contributed by atoms with Gasteiger partial charge in [0, 0.05) is 27.8 Å². The van der Waals surface area contributed by atoms with Crippen LogP contribution in [0.25, 0.3) is 16.9 Å². The zero-order valence-corrected chi connectivity index (χ0v) is 16.4. The predicted octanol–water partition coefficient (Wildman–Crippen LogP) is 5.68. The third-order valence-electron chi connectivity index (χ3n) is 4.95. The summed E-state index contributed by atoms with van der Waals surface area (Å²) in [7, 11) is 1.67. The molecule has 1 atom stereocenters. The van der Waals surface area contributed by atoms with Crippen LogP contribution < -0.4 is 4.74 Å². The topological polar surface area (TPSA) is 31.2 Å². The monoisotopic (exact) mass is 409 g/mol. The summed E-state index contributed by atoms with van der Waals surface area (Å²) in [5.41, 5.74) is 5.16. The summed E-state index contributed by atoms with van der Waals surface area (Å²) in [5, 5.41) is 0. The molecule has 132 valence electrons. The molecular weight excluding hydrogens is 390 g/mol. The van der Waals surface area contributed by atoms with Crippen molar-refractivity contribution < 1.29 is 9.53 Å². The Balaban J connectivity index is 1.94. The van der Waals surface area contributed by atoms with E-state index < -0.39 is 0 Å². The number of ketones is 1. The van der Waals surface area contributed by atoms with E-state index >= 15 is 0 Å². The highest BCUT2D eigenvalue weighted by molar-refractivity contribution is 9.10. The molecule has 4 rings (SSSR count). The first-order valence-corrected chi connectivity index (χ1v) is 9.54. The van der Waals surface area contributed by atoms with E-state index in [4.69, 9.17) is 4.74 Å². The first-order valence-electron chi connectivity index (χ1n) is 8.75. The Morgan fingerprint density at radius 3 is 2.38 bits per heavy atom. The fourth-order valence-electron chi connectivity index (χ4n) is 3.68. The van der Waals surface area contributed by atoms with Crippen LogP contribution in [0.2, 0.25) is 0 Å². The summed E-state index contributed by atoms with van der Waals surface area (Å²) in [4.78, 5) is 12.6. The Hall–Kier alpha value is -2.33. The van der Waals surface area contributed by atoms with Gasteiger partial charge in [-0.25, -0.2) is 0 Å². The number of halogens is 1. The van der Waals surface area contributed by atoms with Crippen LogP contribution >= 0.6 is 15.9 Å². The number of benzene rings is 2. The number of ether oxygens (including phenoxy) is 1. The number of carbonyl (C=O) groups is 1. The van der Waals surface area contributed by atoms with Gasteiger partial charge in [0.25, 0.3) is 0 Å². The smallest absolute Gasteiger partial charge is 0.164 e.